The van der Waals surface area contributed by atoms with Gasteiger partial charge in [-0.05, 0) is 43.4 Å². The number of anilines is 1. The van der Waals surface area contributed by atoms with E-state index in [9.17, 15) is 13.5 Å². The van der Waals surface area contributed by atoms with Crippen LogP contribution in [0.5, 0.6) is 0 Å². The average Bonchev–Trinajstić information content (AvgIpc) is 2.31. The molecular weight excluding hydrogens is 300 g/mol. The Kier molecular flexibility index (Phi) is 4.30. The third-order valence-corrected chi connectivity index (χ3v) is 6.00. The highest BCUT2D eigenvalue weighted by Crippen LogP contribution is 2.31. The van der Waals surface area contributed by atoms with Crippen LogP contribution >= 0.6 is 11.6 Å². The van der Waals surface area contributed by atoms with Gasteiger partial charge in [0.1, 0.15) is 0 Å². The van der Waals surface area contributed by atoms with E-state index in [1.807, 2.05) is 0 Å². The fraction of sp³-hybridized carbons (Fsp3) is 0.538. The maximum atomic E-state index is 12.5. The molecule has 0 atom stereocenters. The molecule has 0 radical (unpaired) electrons. The standard InChI is InChI=1S/C13H19ClN2O3S/c1-8-3-11(14)12(15)6-13(8)20(18,19)16(2)7-9-4-10(17)5-9/h3,6,9-10,17H,4-5,7,15H2,1-2H3. The molecule has 0 aromatic heterocycles. The van der Waals surface area contributed by atoms with Crippen LogP contribution in [0.2, 0.25) is 5.02 Å². The summed E-state index contributed by atoms with van der Waals surface area (Å²) in [5.41, 5.74) is 6.52. The van der Waals surface area contributed by atoms with Gasteiger partial charge in [-0.25, -0.2) is 12.7 Å². The fourth-order valence-corrected chi connectivity index (χ4v) is 4.13. The molecule has 0 heterocycles. The largest absolute Gasteiger partial charge is 0.397 e. The second kappa shape index (κ2) is 5.52. The topological polar surface area (TPSA) is 83.6 Å². The molecule has 20 heavy (non-hydrogen) atoms. The zero-order valence-corrected chi connectivity index (χ0v) is 13.1. The van der Waals surface area contributed by atoms with Crippen LogP contribution < -0.4 is 5.73 Å². The molecule has 1 saturated carbocycles. The van der Waals surface area contributed by atoms with Crippen molar-refractivity contribution in [2.45, 2.75) is 30.8 Å². The lowest BCUT2D eigenvalue weighted by atomic mass is 9.82. The van der Waals surface area contributed by atoms with Crippen molar-refractivity contribution in [1.29, 1.82) is 0 Å². The molecule has 1 fully saturated rings. The van der Waals surface area contributed by atoms with Gasteiger partial charge in [-0.3, -0.25) is 0 Å². The monoisotopic (exact) mass is 318 g/mol. The third kappa shape index (κ3) is 2.93. The van der Waals surface area contributed by atoms with Gasteiger partial charge in [0.25, 0.3) is 0 Å². The van der Waals surface area contributed by atoms with E-state index in [1.165, 1.54) is 10.4 Å². The molecule has 7 heteroatoms. The number of benzene rings is 1. The minimum absolute atomic E-state index is 0.182. The van der Waals surface area contributed by atoms with Crippen LogP contribution in [-0.2, 0) is 10.0 Å². The van der Waals surface area contributed by atoms with Gasteiger partial charge in [0.2, 0.25) is 10.0 Å². The molecule has 0 spiro atoms. The molecule has 0 unspecified atom stereocenters. The molecule has 0 saturated heterocycles. The van der Waals surface area contributed by atoms with Gasteiger partial charge in [0, 0.05) is 13.6 Å². The summed E-state index contributed by atoms with van der Waals surface area (Å²) in [5, 5.41) is 9.62. The highest BCUT2D eigenvalue weighted by molar-refractivity contribution is 7.89. The van der Waals surface area contributed by atoms with Crippen molar-refractivity contribution in [3.05, 3.63) is 22.7 Å². The number of aryl methyl sites for hydroxylation is 1. The Labute approximate surface area is 124 Å². The smallest absolute Gasteiger partial charge is 0.243 e. The van der Waals surface area contributed by atoms with Gasteiger partial charge < -0.3 is 10.8 Å². The van der Waals surface area contributed by atoms with Crippen LogP contribution in [0.3, 0.4) is 0 Å². The minimum atomic E-state index is -3.58. The third-order valence-electron chi connectivity index (χ3n) is 3.71. The molecule has 3 N–H and O–H groups in total. The van der Waals surface area contributed by atoms with Crippen LogP contribution in [0.1, 0.15) is 18.4 Å². The quantitative estimate of drug-likeness (QED) is 0.826. The van der Waals surface area contributed by atoms with Crippen LogP contribution in [0.15, 0.2) is 17.0 Å². The first-order valence-corrected chi connectivity index (χ1v) is 8.23. The summed E-state index contributed by atoms with van der Waals surface area (Å²) in [5.74, 6) is 0.217. The predicted molar refractivity (Wildman–Crippen MR) is 79.1 cm³/mol. The van der Waals surface area contributed by atoms with E-state index in [2.05, 4.69) is 0 Å². The zero-order valence-electron chi connectivity index (χ0n) is 11.5. The number of aliphatic hydroxyl groups is 1. The molecule has 1 aliphatic carbocycles. The molecule has 2 rings (SSSR count). The van der Waals surface area contributed by atoms with Gasteiger partial charge in [0.15, 0.2) is 0 Å². The maximum Gasteiger partial charge on any atom is 0.243 e. The number of aliphatic hydroxyl groups excluding tert-OH is 1. The van der Waals surface area contributed by atoms with Crippen molar-refractivity contribution in [3.8, 4) is 0 Å². The number of nitrogen functional groups attached to an aromatic ring is 1. The Morgan fingerprint density at radius 2 is 2.05 bits per heavy atom. The van der Waals surface area contributed by atoms with Crippen molar-refractivity contribution in [2.75, 3.05) is 19.3 Å². The number of hydrogen-bond donors (Lipinski definition) is 2. The van der Waals surface area contributed by atoms with Crippen molar-refractivity contribution >= 4 is 27.3 Å². The molecule has 1 aliphatic rings. The van der Waals surface area contributed by atoms with Gasteiger partial charge >= 0.3 is 0 Å². The Morgan fingerprint density at radius 3 is 2.60 bits per heavy atom. The summed E-state index contributed by atoms with van der Waals surface area (Å²) >= 11 is 5.89. The fourth-order valence-electron chi connectivity index (χ4n) is 2.43. The first-order valence-electron chi connectivity index (χ1n) is 6.42. The van der Waals surface area contributed by atoms with E-state index in [0.29, 0.717) is 30.0 Å². The van der Waals surface area contributed by atoms with Crippen molar-refractivity contribution < 1.29 is 13.5 Å². The zero-order chi connectivity index (χ0) is 15.1. The van der Waals surface area contributed by atoms with Crippen LogP contribution in [0.4, 0.5) is 5.69 Å². The molecule has 112 valence electrons. The summed E-state index contributed by atoms with van der Waals surface area (Å²) in [6, 6.07) is 2.96. The second-order valence-electron chi connectivity index (χ2n) is 5.42. The average molecular weight is 319 g/mol. The number of rotatable bonds is 4. The van der Waals surface area contributed by atoms with Crippen molar-refractivity contribution in [1.82, 2.24) is 4.31 Å². The van der Waals surface area contributed by atoms with Crippen molar-refractivity contribution in [2.24, 2.45) is 5.92 Å². The summed E-state index contributed by atoms with van der Waals surface area (Å²) in [6.45, 7) is 2.10. The molecule has 0 amide bonds. The Balaban J connectivity index is 2.23. The SMILES string of the molecule is Cc1cc(Cl)c(N)cc1S(=O)(=O)N(C)CC1CC(O)C1. The van der Waals surface area contributed by atoms with E-state index in [1.54, 1.807) is 20.0 Å². The summed E-state index contributed by atoms with van der Waals surface area (Å²) < 4.78 is 26.4. The molecule has 1 aromatic carbocycles. The van der Waals surface area contributed by atoms with Crippen LogP contribution in [-0.4, -0.2) is 37.5 Å². The lowest BCUT2D eigenvalue weighted by molar-refractivity contribution is 0.0367. The summed E-state index contributed by atoms with van der Waals surface area (Å²) in [7, 11) is -2.04. The first kappa shape index (κ1) is 15.6. The summed E-state index contributed by atoms with van der Waals surface area (Å²) in [6.07, 6.45) is 1.02. The van der Waals surface area contributed by atoms with E-state index in [-0.39, 0.29) is 22.6 Å². The van der Waals surface area contributed by atoms with Crippen LogP contribution in [0.25, 0.3) is 0 Å². The lowest BCUT2D eigenvalue weighted by Crippen LogP contribution is -2.39. The number of sulfonamides is 1. The van der Waals surface area contributed by atoms with Crippen LogP contribution in [0, 0.1) is 12.8 Å². The van der Waals surface area contributed by atoms with Gasteiger partial charge in [-0.1, -0.05) is 11.6 Å². The van der Waals surface area contributed by atoms with Gasteiger partial charge in [-0.2, -0.15) is 0 Å². The molecule has 0 aliphatic heterocycles. The molecule has 0 bridgehead atoms. The molecule has 5 nitrogen and oxygen atoms in total. The maximum absolute atomic E-state index is 12.5. The molecular formula is C13H19ClN2O3S. The highest BCUT2D eigenvalue weighted by Gasteiger charge is 2.32. The molecule has 1 aromatic rings. The van der Waals surface area contributed by atoms with Crippen molar-refractivity contribution in [3.63, 3.8) is 0 Å². The Bertz CT molecular complexity index is 612. The van der Waals surface area contributed by atoms with Gasteiger partial charge in [-0.15, -0.1) is 0 Å². The van der Waals surface area contributed by atoms with E-state index in [0.717, 1.165) is 0 Å². The predicted octanol–water partition coefficient (Wildman–Crippen LogP) is 1.62. The van der Waals surface area contributed by atoms with E-state index < -0.39 is 10.0 Å². The highest BCUT2D eigenvalue weighted by atomic mass is 35.5. The van der Waals surface area contributed by atoms with E-state index >= 15 is 0 Å². The normalized spacial score (nSPS) is 22.9. The number of halogens is 1. The lowest BCUT2D eigenvalue weighted by Gasteiger charge is -2.34. The number of nitrogens with zero attached hydrogens (tertiary/aromatic N) is 1. The number of hydrogen-bond acceptors (Lipinski definition) is 4. The first-order chi connectivity index (χ1) is 9.21. The second-order valence-corrected chi connectivity index (χ2v) is 7.84. The Hall–Kier alpha value is -0.820. The van der Waals surface area contributed by atoms with E-state index in [4.69, 9.17) is 17.3 Å². The van der Waals surface area contributed by atoms with Gasteiger partial charge in [0.05, 0.1) is 21.7 Å². The minimum Gasteiger partial charge on any atom is -0.397 e. The number of nitrogens with two attached hydrogens (primary N) is 1. The summed E-state index contributed by atoms with van der Waals surface area (Å²) in [4.78, 5) is 0.182. The Morgan fingerprint density at radius 1 is 1.45 bits per heavy atom.